The van der Waals surface area contributed by atoms with Gasteiger partial charge in [0.2, 0.25) is 5.91 Å². The van der Waals surface area contributed by atoms with Gasteiger partial charge in [0.15, 0.2) is 1.41 Å². The molecule has 0 radical (unpaired) electrons. The minimum atomic E-state index is -2.84. The van der Waals surface area contributed by atoms with E-state index in [9.17, 15) is 4.79 Å². The van der Waals surface area contributed by atoms with Crippen molar-refractivity contribution in [2.24, 2.45) is 0 Å². The van der Waals surface area contributed by atoms with Crippen LogP contribution in [0.1, 0.15) is 18.0 Å². The van der Waals surface area contributed by atoms with Gasteiger partial charge < -0.3 is 10.0 Å². The molecule has 94 valence electrons. The minimum absolute atomic E-state index is 0.0337. The average molecular weight is 248 g/mol. The normalized spacial score (nSPS) is 16.0. The number of ether oxygens (including phenoxy) is 1. The van der Waals surface area contributed by atoms with E-state index in [1.807, 2.05) is 0 Å². The Labute approximate surface area is 114 Å². The van der Waals surface area contributed by atoms with E-state index in [-0.39, 0.29) is 10.9 Å². The van der Waals surface area contributed by atoms with Crippen LogP contribution in [0.25, 0.3) is 10.8 Å². The third-order valence-corrected chi connectivity index (χ3v) is 2.49. The highest BCUT2D eigenvalue weighted by atomic mass is 16.5. The van der Waals surface area contributed by atoms with Gasteiger partial charge in [0.1, 0.15) is 5.75 Å². The van der Waals surface area contributed by atoms with Crippen molar-refractivity contribution in [3.63, 3.8) is 0 Å². The third kappa shape index (κ3) is 2.80. The molecule has 1 N–H and O–H groups in total. The standard InChI is InChI=1S/C15H17NO2/c1-11(17)16-9-8-13-5-3-4-12-6-7-14(18-2)10-15(12)13/h3-7,10H,8-9H2,1-2H3,(H,16,17)/i8D2,9D2/hD. The summed E-state index contributed by atoms with van der Waals surface area (Å²) in [4.78, 5) is 11.3. The Morgan fingerprint density at radius 1 is 1.44 bits per heavy atom. The first-order chi connectivity index (χ1) is 10.6. The zero-order valence-electron chi connectivity index (χ0n) is 15.2. The fourth-order valence-electron chi connectivity index (χ4n) is 1.65. The highest BCUT2D eigenvalue weighted by Gasteiger charge is 2.03. The molecule has 0 atom stereocenters. The molecule has 2 rings (SSSR count). The van der Waals surface area contributed by atoms with Crippen LogP contribution < -0.4 is 10.0 Å². The van der Waals surface area contributed by atoms with E-state index >= 15 is 0 Å². The number of fused-ring (bicyclic) bond motifs is 1. The molecule has 0 spiro atoms. The lowest BCUT2D eigenvalue weighted by Crippen LogP contribution is -2.22. The number of methoxy groups -OCH3 is 1. The topological polar surface area (TPSA) is 38.3 Å². The Balaban J connectivity index is 2.68. The van der Waals surface area contributed by atoms with Crippen LogP contribution in [-0.2, 0) is 11.2 Å². The minimum Gasteiger partial charge on any atom is -0.497 e. The zero-order chi connectivity index (χ0) is 17.4. The van der Waals surface area contributed by atoms with Crippen LogP contribution in [0, 0.1) is 0 Å². The summed E-state index contributed by atoms with van der Waals surface area (Å²) in [6.07, 6.45) is -2.59. The fourth-order valence-corrected chi connectivity index (χ4v) is 1.65. The number of rotatable bonds is 4. The van der Waals surface area contributed by atoms with Gasteiger partial charge in [0, 0.05) is 18.9 Å². The van der Waals surface area contributed by atoms with Gasteiger partial charge in [0.25, 0.3) is 0 Å². The van der Waals surface area contributed by atoms with E-state index in [1.54, 1.807) is 30.3 Å². The number of hydrogen-bond donors (Lipinski definition) is 1. The highest BCUT2D eigenvalue weighted by Crippen LogP contribution is 2.24. The summed E-state index contributed by atoms with van der Waals surface area (Å²) >= 11 is 0. The third-order valence-electron chi connectivity index (χ3n) is 2.49. The largest absolute Gasteiger partial charge is 0.497 e. The van der Waals surface area contributed by atoms with Crippen LogP contribution in [0.2, 0.25) is 1.41 Å². The summed E-state index contributed by atoms with van der Waals surface area (Å²) < 4.78 is 45.1. The molecule has 2 aromatic carbocycles. The molecule has 0 aliphatic heterocycles. The quantitative estimate of drug-likeness (QED) is 0.903. The second-order valence-corrected chi connectivity index (χ2v) is 3.76. The summed E-state index contributed by atoms with van der Waals surface area (Å²) in [5.41, 5.74) is 0.0531. The molecule has 0 bridgehead atoms. The molecule has 0 unspecified atom stereocenters. The summed E-state index contributed by atoms with van der Waals surface area (Å²) in [6.45, 7) is -1.82. The van der Waals surface area contributed by atoms with Gasteiger partial charge in [-0.25, -0.2) is 0 Å². The van der Waals surface area contributed by atoms with E-state index in [0.717, 1.165) is 6.92 Å². The Morgan fingerprint density at radius 3 is 3.00 bits per heavy atom. The molecular weight excluding hydrogens is 226 g/mol. The number of hydrogen-bond acceptors (Lipinski definition) is 2. The summed E-state index contributed by atoms with van der Waals surface area (Å²) in [5, 5.41) is 1.21. The number of amides is 1. The van der Waals surface area contributed by atoms with Crippen molar-refractivity contribution in [2.75, 3.05) is 13.6 Å². The number of nitrogens with one attached hydrogen (secondary N) is 1. The molecular formula is C15H17NO2. The van der Waals surface area contributed by atoms with Gasteiger partial charge in [-0.05, 0) is 34.8 Å². The Bertz CT molecular complexity index is 748. The van der Waals surface area contributed by atoms with Crippen LogP contribution in [-0.4, -0.2) is 19.5 Å². The molecule has 0 saturated carbocycles. The van der Waals surface area contributed by atoms with Crippen LogP contribution in [0.3, 0.4) is 0 Å². The fraction of sp³-hybridized carbons (Fsp3) is 0.267. The van der Waals surface area contributed by atoms with Crippen molar-refractivity contribution in [2.45, 2.75) is 13.3 Å². The second-order valence-electron chi connectivity index (χ2n) is 3.76. The first-order valence-electron chi connectivity index (χ1n) is 7.94. The summed E-state index contributed by atoms with van der Waals surface area (Å²) in [6, 6.07) is 9.91. The molecule has 0 fully saturated rings. The van der Waals surface area contributed by atoms with Crippen molar-refractivity contribution in [3.8, 4) is 5.75 Å². The van der Waals surface area contributed by atoms with Gasteiger partial charge in [-0.1, -0.05) is 24.3 Å². The smallest absolute Gasteiger partial charge is 0.216 e. The van der Waals surface area contributed by atoms with Crippen molar-refractivity contribution in [3.05, 3.63) is 42.0 Å². The monoisotopic (exact) mass is 248 g/mol. The average Bonchev–Trinajstić information content (AvgIpc) is 2.52. The van der Waals surface area contributed by atoms with Crippen LogP contribution in [0.5, 0.6) is 5.75 Å². The van der Waals surface area contributed by atoms with Gasteiger partial charge in [0.05, 0.1) is 7.11 Å². The predicted octanol–water partition coefficient (Wildman–Crippen LogP) is 2.53. The van der Waals surface area contributed by atoms with Gasteiger partial charge in [-0.15, -0.1) is 0 Å². The lowest BCUT2D eigenvalue weighted by atomic mass is 10.0. The summed E-state index contributed by atoms with van der Waals surface area (Å²) in [5.74, 6) is -0.368. The molecule has 0 aliphatic carbocycles. The van der Waals surface area contributed by atoms with Crippen molar-refractivity contribution in [1.82, 2.24) is 5.31 Å². The Morgan fingerprint density at radius 2 is 2.28 bits per heavy atom. The van der Waals surface area contributed by atoms with Crippen LogP contribution >= 0.6 is 0 Å². The second kappa shape index (κ2) is 5.54. The number of aryl methyl sites for hydroxylation is 1. The van der Waals surface area contributed by atoms with Gasteiger partial charge in [-0.2, -0.15) is 0 Å². The number of carbonyl (C=O) groups excluding carboxylic acids is 1. The Hall–Kier alpha value is -2.03. The number of benzene rings is 2. The first kappa shape index (κ1) is 7.41. The summed E-state index contributed by atoms with van der Waals surface area (Å²) in [7, 11) is 1.49. The van der Waals surface area contributed by atoms with E-state index in [0.29, 0.717) is 16.5 Å². The molecule has 0 aliphatic rings. The van der Waals surface area contributed by atoms with Gasteiger partial charge >= 0.3 is 0 Å². The zero-order valence-corrected chi connectivity index (χ0v) is 10.2. The van der Waals surface area contributed by atoms with Crippen molar-refractivity contribution in [1.29, 1.82) is 0 Å². The predicted molar refractivity (Wildman–Crippen MR) is 72.9 cm³/mol. The molecule has 18 heavy (non-hydrogen) atoms. The van der Waals surface area contributed by atoms with Crippen LogP contribution in [0.15, 0.2) is 36.4 Å². The maximum absolute atomic E-state index is 11.3. The molecule has 2 aromatic rings. The Kier molecular flexibility index (Phi) is 2.28. The van der Waals surface area contributed by atoms with E-state index in [2.05, 4.69) is 0 Å². The first-order valence-corrected chi connectivity index (χ1v) is 5.50. The highest BCUT2D eigenvalue weighted by molar-refractivity contribution is 5.87. The maximum Gasteiger partial charge on any atom is 0.216 e. The molecule has 0 saturated heterocycles. The van der Waals surface area contributed by atoms with Crippen molar-refractivity contribution < 1.29 is 16.4 Å². The SMILES string of the molecule is [2H]N(C(C)=O)C([2H])([2H])C([2H])([2H])c1cccc2ccc(OC)cc12. The molecule has 0 aromatic heterocycles. The molecule has 1 amide bonds. The maximum atomic E-state index is 11.3. The van der Waals surface area contributed by atoms with Gasteiger partial charge in [-0.3, -0.25) is 4.79 Å². The molecule has 3 heteroatoms. The van der Waals surface area contributed by atoms with Crippen molar-refractivity contribution >= 4 is 16.7 Å². The van der Waals surface area contributed by atoms with E-state index in [4.69, 9.17) is 11.6 Å². The molecule has 3 nitrogen and oxygen atoms in total. The van der Waals surface area contributed by atoms with E-state index in [1.165, 1.54) is 13.2 Å². The van der Waals surface area contributed by atoms with Crippen LogP contribution in [0.4, 0.5) is 0 Å². The molecule has 0 heterocycles. The number of carbonyl (C=O) groups is 1. The lowest BCUT2D eigenvalue weighted by molar-refractivity contribution is -0.118. The van der Waals surface area contributed by atoms with E-state index < -0.39 is 18.8 Å². The lowest BCUT2D eigenvalue weighted by Gasteiger charge is -2.08.